The molecule has 0 unspecified atom stereocenters. The number of carbonyl (C=O) groups excluding carboxylic acids is 1. The molecule has 1 amide bonds. The average molecular weight is 419 g/mol. The predicted octanol–water partition coefficient (Wildman–Crippen LogP) is 4.53. The molecular formula is C25H25NO5. The van der Waals surface area contributed by atoms with Crippen molar-refractivity contribution in [2.75, 3.05) is 7.05 Å². The fourth-order valence-corrected chi connectivity index (χ4v) is 3.02. The average Bonchev–Trinajstić information content (AvgIpc) is 2.81. The highest BCUT2D eigenvalue weighted by Crippen LogP contribution is 2.17. The number of rotatable bonds is 9. The SMILES string of the molecule is CN(C(=O)OCc1ccccc1)[C@@H](Cc1ccc(OCc2ccccc2)cc1)C(=O)O. The second-order valence-electron chi connectivity index (χ2n) is 7.13. The molecule has 0 radical (unpaired) electrons. The molecule has 31 heavy (non-hydrogen) atoms. The van der Waals surface area contributed by atoms with E-state index in [2.05, 4.69) is 0 Å². The Kier molecular flexibility index (Phi) is 7.65. The van der Waals surface area contributed by atoms with Crippen LogP contribution in [0.1, 0.15) is 16.7 Å². The van der Waals surface area contributed by atoms with Gasteiger partial charge in [-0.25, -0.2) is 9.59 Å². The quantitative estimate of drug-likeness (QED) is 0.551. The van der Waals surface area contributed by atoms with Crippen LogP contribution < -0.4 is 4.74 Å². The third-order valence-electron chi connectivity index (χ3n) is 4.85. The monoisotopic (exact) mass is 419 g/mol. The van der Waals surface area contributed by atoms with Crippen LogP contribution in [0, 0.1) is 0 Å². The Morgan fingerprint density at radius 1 is 0.806 bits per heavy atom. The highest BCUT2D eigenvalue weighted by molar-refractivity contribution is 5.80. The molecule has 0 heterocycles. The van der Waals surface area contributed by atoms with Crippen LogP contribution in [0.15, 0.2) is 84.9 Å². The topological polar surface area (TPSA) is 76.1 Å². The van der Waals surface area contributed by atoms with Gasteiger partial charge in [-0.05, 0) is 28.8 Å². The molecule has 0 aliphatic rings. The lowest BCUT2D eigenvalue weighted by Crippen LogP contribution is -2.44. The van der Waals surface area contributed by atoms with E-state index in [1.165, 1.54) is 7.05 Å². The van der Waals surface area contributed by atoms with Gasteiger partial charge in [-0.2, -0.15) is 0 Å². The molecule has 0 aliphatic heterocycles. The lowest BCUT2D eigenvalue weighted by atomic mass is 10.1. The molecule has 0 aromatic heterocycles. The number of amides is 1. The summed E-state index contributed by atoms with van der Waals surface area (Å²) in [6, 6.07) is 25.2. The number of hydrogen-bond acceptors (Lipinski definition) is 4. The summed E-state index contributed by atoms with van der Waals surface area (Å²) < 4.78 is 11.0. The van der Waals surface area contributed by atoms with E-state index >= 15 is 0 Å². The third-order valence-corrected chi connectivity index (χ3v) is 4.85. The van der Waals surface area contributed by atoms with Gasteiger partial charge >= 0.3 is 12.1 Å². The fraction of sp³-hybridized carbons (Fsp3) is 0.200. The van der Waals surface area contributed by atoms with Gasteiger partial charge in [-0.3, -0.25) is 4.90 Å². The maximum absolute atomic E-state index is 12.3. The first-order valence-electron chi connectivity index (χ1n) is 9.95. The minimum atomic E-state index is -1.09. The number of benzene rings is 3. The number of aliphatic carboxylic acids is 1. The van der Waals surface area contributed by atoms with Gasteiger partial charge in [0.15, 0.2) is 0 Å². The minimum Gasteiger partial charge on any atom is -0.489 e. The van der Waals surface area contributed by atoms with Gasteiger partial charge in [0.2, 0.25) is 0 Å². The summed E-state index contributed by atoms with van der Waals surface area (Å²) in [6.45, 7) is 0.539. The van der Waals surface area contributed by atoms with Crippen molar-refractivity contribution in [2.45, 2.75) is 25.7 Å². The molecule has 0 bridgehead atoms. The minimum absolute atomic E-state index is 0.0871. The molecule has 6 heteroatoms. The fourth-order valence-electron chi connectivity index (χ4n) is 3.02. The molecule has 160 valence electrons. The standard InChI is InChI=1S/C25H25NO5/c1-26(25(29)31-18-21-10-6-3-7-11-21)23(24(27)28)16-19-12-14-22(15-13-19)30-17-20-8-4-2-5-9-20/h2-15,23H,16-18H2,1H3,(H,27,28)/t23-/m0/s1. The van der Waals surface area contributed by atoms with E-state index in [0.29, 0.717) is 12.4 Å². The number of hydrogen-bond donors (Lipinski definition) is 1. The van der Waals surface area contributed by atoms with E-state index < -0.39 is 18.1 Å². The number of nitrogens with zero attached hydrogens (tertiary/aromatic N) is 1. The van der Waals surface area contributed by atoms with Crippen molar-refractivity contribution in [3.63, 3.8) is 0 Å². The first-order chi connectivity index (χ1) is 15.0. The predicted molar refractivity (Wildman–Crippen MR) is 117 cm³/mol. The molecule has 0 saturated carbocycles. The van der Waals surface area contributed by atoms with Crippen LogP contribution in [0.25, 0.3) is 0 Å². The Balaban J connectivity index is 1.56. The van der Waals surface area contributed by atoms with Crippen LogP contribution in [-0.4, -0.2) is 35.2 Å². The Bertz CT molecular complexity index is 974. The molecular weight excluding hydrogens is 394 g/mol. The van der Waals surface area contributed by atoms with Gasteiger partial charge in [0.25, 0.3) is 0 Å². The number of carboxylic acid groups (broad SMARTS) is 1. The van der Waals surface area contributed by atoms with Crippen LogP contribution in [0.3, 0.4) is 0 Å². The third kappa shape index (κ3) is 6.60. The normalized spacial score (nSPS) is 11.4. The van der Waals surface area contributed by atoms with Crippen molar-refractivity contribution in [2.24, 2.45) is 0 Å². The molecule has 1 N–H and O–H groups in total. The summed E-state index contributed by atoms with van der Waals surface area (Å²) in [6.07, 6.45) is -0.523. The zero-order valence-electron chi connectivity index (χ0n) is 17.3. The lowest BCUT2D eigenvalue weighted by molar-refractivity contribution is -0.142. The van der Waals surface area contributed by atoms with E-state index in [9.17, 15) is 14.7 Å². The van der Waals surface area contributed by atoms with Crippen molar-refractivity contribution in [1.82, 2.24) is 4.90 Å². The summed E-state index contributed by atoms with van der Waals surface area (Å²) >= 11 is 0. The van der Waals surface area contributed by atoms with Crippen molar-refractivity contribution in [3.8, 4) is 5.75 Å². The van der Waals surface area contributed by atoms with Crippen LogP contribution >= 0.6 is 0 Å². The van der Waals surface area contributed by atoms with Crippen LogP contribution in [0.4, 0.5) is 4.79 Å². The first kappa shape index (κ1) is 21.9. The van der Waals surface area contributed by atoms with Gasteiger partial charge in [-0.1, -0.05) is 72.8 Å². The van der Waals surface area contributed by atoms with E-state index in [1.54, 1.807) is 24.3 Å². The molecule has 3 aromatic carbocycles. The molecule has 3 aromatic rings. The second-order valence-corrected chi connectivity index (χ2v) is 7.13. The summed E-state index contributed by atoms with van der Waals surface area (Å²) in [4.78, 5) is 25.2. The van der Waals surface area contributed by atoms with Crippen molar-refractivity contribution in [3.05, 3.63) is 102 Å². The Morgan fingerprint density at radius 2 is 1.35 bits per heavy atom. The van der Waals surface area contributed by atoms with Gasteiger partial charge in [0.05, 0.1) is 0 Å². The van der Waals surface area contributed by atoms with E-state index in [4.69, 9.17) is 9.47 Å². The molecule has 0 fully saturated rings. The number of carbonyl (C=O) groups is 2. The zero-order valence-corrected chi connectivity index (χ0v) is 17.3. The molecule has 0 spiro atoms. The van der Waals surface area contributed by atoms with Crippen molar-refractivity contribution < 1.29 is 24.2 Å². The van der Waals surface area contributed by atoms with E-state index in [1.807, 2.05) is 60.7 Å². The largest absolute Gasteiger partial charge is 0.489 e. The number of ether oxygens (including phenoxy) is 2. The van der Waals surface area contributed by atoms with Gasteiger partial charge in [0, 0.05) is 13.5 Å². The van der Waals surface area contributed by atoms with Crippen molar-refractivity contribution in [1.29, 1.82) is 0 Å². The van der Waals surface area contributed by atoms with Crippen LogP contribution in [-0.2, 0) is 29.2 Å². The molecule has 3 rings (SSSR count). The smallest absolute Gasteiger partial charge is 0.410 e. The Labute approximate surface area is 181 Å². The maximum Gasteiger partial charge on any atom is 0.410 e. The number of likely N-dealkylation sites (N-methyl/N-ethyl adjacent to an activating group) is 1. The molecule has 1 atom stereocenters. The van der Waals surface area contributed by atoms with Gasteiger partial charge < -0.3 is 14.6 Å². The van der Waals surface area contributed by atoms with E-state index in [0.717, 1.165) is 21.6 Å². The summed E-state index contributed by atoms with van der Waals surface area (Å²) in [7, 11) is 1.43. The van der Waals surface area contributed by atoms with Crippen LogP contribution in [0.5, 0.6) is 5.75 Å². The maximum atomic E-state index is 12.3. The molecule has 0 aliphatic carbocycles. The molecule has 0 saturated heterocycles. The van der Waals surface area contributed by atoms with Gasteiger partial charge in [-0.15, -0.1) is 0 Å². The molecule has 6 nitrogen and oxygen atoms in total. The number of carboxylic acids is 1. The Morgan fingerprint density at radius 3 is 1.90 bits per heavy atom. The van der Waals surface area contributed by atoms with E-state index in [-0.39, 0.29) is 13.0 Å². The van der Waals surface area contributed by atoms with Crippen molar-refractivity contribution >= 4 is 12.1 Å². The first-order valence-corrected chi connectivity index (χ1v) is 9.95. The highest BCUT2D eigenvalue weighted by atomic mass is 16.6. The second kappa shape index (κ2) is 10.8. The van der Waals surface area contributed by atoms with Crippen LogP contribution in [0.2, 0.25) is 0 Å². The van der Waals surface area contributed by atoms with Gasteiger partial charge in [0.1, 0.15) is 25.0 Å². The summed E-state index contributed by atoms with van der Waals surface area (Å²) in [5.41, 5.74) is 2.68. The lowest BCUT2D eigenvalue weighted by Gasteiger charge is -2.24. The summed E-state index contributed by atoms with van der Waals surface area (Å²) in [5.74, 6) is -0.404. The highest BCUT2D eigenvalue weighted by Gasteiger charge is 2.28. The summed E-state index contributed by atoms with van der Waals surface area (Å²) in [5, 5.41) is 9.63. The Hall–Kier alpha value is -3.80. The zero-order chi connectivity index (χ0) is 22.1.